The van der Waals surface area contributed by atoms with Crippen LogP contribution >= 0.6 is 0 Å². The molecule has 1 aromatic carbocycles. The van der Waals surface area contributed by atoms with Crippen LogP contribution in [0.2, 0.25) is 0 Å². The fraction of sp³-hybridized carbons (Fsp3) is 0.588. The van der Waals surface area contributed by atoms with Crippen molar-refractivity contribution >= 4 is 5.91 Å². The van der Waals surface area contributed by atoms with Gasteiger partial charge in [0.1, 0.15) is 0 Å². The summed E-state index contributed by atoms with van der Waals surface area (Å²) in [7, 11) is 2.02. The van der Waals surface area contributed by atoms with E-state index in [4.69, 9.17) is 0 Å². The number of nitrogens with one attached hydrogen (secondary N) is 2. The monoisotopic (exact) mass is 289 g/mol. The second-order valence-electron chi connectivity index (χ2n) is 6.35. The van der Waals surface area contributed by atoms with E-state index in [1.165, 1.54) is 5.56 Å². The summed E-state index contributed by atoms with van der Waals surface area (Å²) in [4.78, 5) is 14.3. The average molecular weight is 289 g/mol. The number of carbonyl (C=O) groups is 1. The normalized spacial score (nSPS) is 18.4. The van der Waals surface area contributed by atoms with Crippen molar-refractivity contribution in [3.63, 3.8) is 0 Å². The van der Waals surface area contributed by atoms with Crippen LogP contribution in [0.25, 0.3) is 0 Å². The molecule has 0 bridgehead atoms. The number of nitrogens with zero attached hydrogens (tertiary/aromatic N) is 1. The van der Waals surface area contributed by atoms with Crippen LogP contribution in [0, 0.1) is 6.92 Å². The number of hydrogen-bond donors (Lipinski definition) is 2. The molecule has 0 saturated carbocycles. The van der Waals surface area contributed by atoms with Crippen molar-refractivity contribution in [3.8, 4) is 0 Å². The van der Waals surface area contributed by atoms with E-state index in [1.807, 2.05) is 7.05 Å². The Kier molecular flexibility index (Phi) is 5.37. The smallest absolute Gasteiger partial charge is 0.234 e. The summed E-state index contributed by atoms with van der Waals surface area (Å²) in [6, 6.07) is 8.28. The molecule has 1 aliphatic heterocycles. The lowest BCUT2D eigenvalue weighted by atomic mass is 9.90. The lowest BCUT2D eigenvalue weighted by molar-refractivity contribution is -0.122. The van der Waals surface area contributed by atoms with Crippen LogP contribution in [0.15, 0.2) is 24.3 Å². The van der Waals surface area contributed by atoms with Gasteiger partial charge < -0.3 is 10.6 Å². The predicted octanol–water partition coefficient (Wildman–Crippen LogP) is 1.69. The van der Waals surface area contributed by atoms with E-state index in [0.29, 0.717) is 13.1 Å². The van der Waals surface area contributed by atoms with Crippen molar-refractivity contribution in [2.75, 3.05) is 26.7 Å². The van der Waals surface area contributed by atoms with Gasteiger partial charge in [-0.15, -0.1) is 0 Å². The van der Waals surface area contributed by atoms with Gasteiger partial charge in [-0.2, -0.15) is 0 Å². The number of rotatable bonds is 5. The lowest BCUT2D eigenvalue weighted by Gasteiger charge is -2.39. The van der Waals surface area contributed by atoms with Crippen LogP contribution in [-0.2, 0) is 11.3 Å². The van der Waals surface area contributed by atoms with Crippen molar-refractivity contribution in [2.45, 2.75) is 38.8 Å². The Balaban J connectivity index is 1.72. The van der Waals surface area contributed by atoms with Crippen molar-refractivity contribution in [3.05, 3.63) is 35.4 Å². The third kappa shape index (κ3) is 4.83. The number of benzene rings is 1. The summed E-state index contributed by atoms with van der Waals surface area (Å²) in [5.41, 5.74) is 2.62. The van der Waals surface area contributed by atoms with E-state index >= 15 is 0 Å². The molecular formula is C17H27N3O. The Morgan fingerprint density at radius 2 is 1.86 bits per heavy atom. The fourth-order valence-electron chi connectivity index (χ4n) is 2.62. The zero-order valence-corrected chi connectivity index (χ0v) is 13.4. The highest BCUT2D eigenvalue weighted by atomic mass is 16.2. The minimum absolute atomic E-state index is 0.114. The van der Waals surface area contributed by atoms with Gasteiger partial charge in [0.25, 0.3) is 0 Å². The molecule has 0 unspecified atom stereocenters. The van der Waals surface area contributed by atoms with Crippen LogP contribution in [0.3, 0.4) is 0 Å². The van der Waals surface area contributed by atoms with Gasteiger partial charge in [0, 0.05) is 25.2 Å². The van der Waals surface area contributed by atoms with Crippen molar-refractivity contribution in [2.24, 2.45) is 0 Å². The molecule has 2 N–H and O–H groups in total. The molecule has 1 aromatic rings. The van der Waals surface area contributed by atoms with Gasteiger partial charge in [0.2, 0.25) is 5.91 Å². The Morgan fingerprint density at radius 3 is 2.43 bits per heavy atom. The standard InChI is InChI=1S/C17H27N3O/c1-14-4-6-15(7-5-14)12-19-16(21)13-20-10-8-17(2,18-3)9-11-20/h4-7,18H,8-13H2,1-3H3,(H,19,21). The lowest BCUT2D eigenvalue weighted by Crippen LogP contribution is -2.51. The first-order valence-corrected chi connectivity index (χ1v) is 7.74. The maximum absolute atomic E-state index is 12.0. The highest BCUT2D eigenvalue weighted by Crippen LogP contribution is 2.20. The second kappa shape index (κ2) is 7.05. The van der Waals surface area contributed by atoms with Crippen molar-refractivity contribution in [1.82, 2.24) is 15.5 Å². The molecule has 0 aromatic heterocycles. The largest absolute Gasteiger partial charge is 0.351 e. The zero-order chi connectivity index (χ0) is 15.3. The number of carbonyl (C=O) groups excluding carboxylic acids is 1. The molecule has 0 radical (unpaired) electrons. The number of amides is 1. The Bertz CT molecular complexity index is 461. The molecular weight excluding hydrogens is 262 g/mol. The van der Waals surface area contributed by atoms with Crippen LogP contribution in [0.5, 0.6) is 0 Å². The molecule has 1 saturated heterocycles. The Labute approximate surface area is 127 Å². The summed E-state index contributed by atoms with van der Waals surface area (Å²) in [5, 5.41) is 6.38. The minimum Gasteiger partial charge on any atom is -0.351 e. The van der Waals surface area contributed by atoms with Crippen LogP contribution in [0.4, 0.5) is 0 Å². The molecule has 0 aliphatic carbocycles. The fourth-order valence-corrected chi connectivity index (χ4v) is 2.62. The number of hydrogen-bond acceptors (Lipinski definition) is 3. The number of aryl methyl sites for hydroxylation is 1. The van der Waals surface area contributed by atoms with Gasteiger partial charge in [0.05, 0.1) is 6.54 Å². The number of likely N-dealkylation sites (tertiary alicyclic amines) is 1. The van der Waals surface area contributed by atoms with Gasteiger partial charge in [-0.1, -0.05) is 29.8 Å². The summed E-state index contributed by atoms with van der Waals surface area (Å²) in [5.74, 6) is 0.114. The Morgan fingerprint density at radius 1 is 1.24 bits per heavy atom. The summed E-state index contributed by atoms with van der Waals surface area (Å²) in [6.45, 7) is 7.40. The Hall–Kier alpha value is -1.39. The molecule has 1 aliphatic rings. The molecule has 21 heavy (non-hydrogen) atoms. The molecule has 116 valence electrons. The minimum atomic E-state index is 0.114. The molecule has 1 fully saturated rings. The van der Waals surface area contributed by atoms with E-state index in [9.17, 15) is 4.79 Å². The first kappa shape index (κ1) is 16.0. The van der Waals surface area contributed by atoms with Gasteiger partial charge in [0.15, 0.2) is 0 Å². The van der Waals surface area contributed by atoms with Gasteiger partial charge in [-0.25, -0.2) is 0 Å². The highest BCUT2D eigenvalue weighted by Gasteiger charge is 2.28. The van der Waals surface area contributed by atoms with E-state index in [2.05, 4.69) is 53.6 Å². The third-order valence-corrected chi connectivity index (χ3v) is 4.54. The summed E-state index contributed by atoms with van der Waals surface area (Å²) < 4.78 is 0. The van der Waals surface area contributed by atoms with E-state index in [-0.39, 0.29) is 11.4 Å². The van der Waals surface area contributed by atoms with Crippen LogP contribution in [-0.4, -0.2) is 43.0 Å². The average Bonchev–Trinajstić information content (AvgIpc) is 2.49. The molecule has 4 heteroatoms. The second-order valence-corrected chi connectivity index (χ2v) is 6.35. The maximum Gasteiger partial charge on any atom is 0.234 e. The molecule has 2 rings (SSSR count). The van der Waals surface area contributed by atoms with E-state index in [0.717, 1.165) is 31.5 Å². The van der Waals surface area contributed by atoms with Crippen molar-refractivity contribution < 1.29 is 4.79 Å². The molecule has 1 amide bonds. The zero-order valence-electron chi connectivity index (χ0n) is 13.4. The van der Waals surface area contributed by atoms with Crippen LogP contribution < -0.4 is 10.6 Å². The quantitative estimate of drug-likeness (QED) is 0.867. The molecule has 0 atom stereocenters. The van der Waals surface area contributed by atoms with Gasteiger partial charge >= 0.3 is 0 Å². The molecule has 0 spiro atoms. The van der Waals surface area contributed by atoms with E-state index < -0.39 is 0 Å². The topological polar surface area (TPSA) is 44.4 Å². The number of piperidine rings is 1. The first-order valence-electron chi connectivity index (χ1n) is 7.74. The predicted molar refractivity (Wildman–Crippen MR) is 86.2 cm³/mol. The van der Waals surface area contributed by atoms with Gasteiger partial charge in [-0.3, -0.25) is 9.69 Å². The maximum atomic E-state index is 12.0. The third-order valence-electron chi connectivity index (χ3n) is 4.54. The summed E-state index contributed by atoms with van der Waals surface area (Å²) in [6.07, 6.45) is 2.18. The van der Waals surface area contributed by atoms with Crippen molar-refractivity contribution in [1.29, 1.82) is 0 Å². The van der Waals surface area contributed by atoms with Crippen LogP contribution in [0.1, 0.15) is 30.9 Å². The molecule has 4 nitrogen and oxygen atoms in total. The highest BCUT2D eigenvalue weighted by molar-refractivity contribution is 5.78. The molecule has 1 heterocycles. The first-order chi connectivity index (χ1) is 10.0. The van der Waals surface area contributed by atoms with Gasteiger partial charge in [-0.05, 0) is 39.3 Å². The summed E-state index contributed by atoms with van der Waals surface area (Å²) >= 11 is 0. The van der Waals surface area contributed by atoms with E-state index in [1.54, 1.807) is 0 Å². The SMILES string of the molecule is CNC1(C)CCN(CC(=O)NCc2ccc(C)cc2)CC1.